The summed E-state index contributed by atoms with van der Waals surface area (Å²) in [5.74, 6) is 1.17. The minimum absolute atomic E-state index is 0.0888. The van der Waals surface area contributed by atoms with E-state index in [2.05, 4.69) is 32.9 Å². The van der Waals surface area contributed by atoms with E-state index >= 15 is 0 Å². The zero-order valence-electron chi connectivity index (χ0n) is 12.6. The van der Waals surface area contributed by atoms with Gasteiger partial charge in [0.15, 0.2) is 0 Å². The number of nitrogens with zero attached hydrogens (tertiary/aromatic N) is 4. The topological polar surface area (TPSA) is 86.8 Å². The van der Waals surface area contributed by atoms with Crippen molar-refractivity contribution in [3.63, 3.8) is 0 Å². The van der Waals surface area contributed by atoms with E-state index in [0.29, 0.717) is 17.4 Å². The molecule has 1 fully saturated rings. The Labute approximate surface area is 129 Å². The average molecular weight is 300 g/mol. The van der Waals surface area contributed by atoms with Gasteiger partial charge in [0.1, 0.15) is 0 Å². The number of likely N-dealkylation sites (tertiary alicyclic amines) is 1. The lowest BCUT2D eigenvalue weighted by atomic mass is 10.0. The summed E-state index contributed by atoms with van der Waals surface area (Å²) in [5.41, 5.74) is 1.46. The van der Waals surface area contributed by atoms with Gasteiger partial charge < -0.3 is 10.2 Å². The van der Waals surface area contributed by atoms with E-state index in [4.69, 9.17) is 0 Å². The molecule has 7 heteroatoms. The Balaban J connectivity index is 1.72. The molecule has 1 aromatic heterocycles. The van der Waals surface area contributed by atoms with E-state index in [1.807, 2.05) is 29.2 Å². The molecule has 7 nitrogen and oxygen atoms in total. The number of anilines is 2. The van der Waals surface area contributed by atoms with Crippen LogP contribution in [0.4, 0.5) is 11.6 Å². The van der Waals surface area contributed by atoms with Crippen LogP contribution in [0, 0.1) is 5.92 Å². The molecule has 0 aliphatic carbocycles. The van der Waals surface area contributed by atoms with Crippen LogP contribution < -0.4 is 5.32 Å². The van der Waals surface area contributed by atoms with Crippen molar-refractivity contribution in [3.8, 4) is 0 Å². The normalized spacial score (nSPS) is 18.8. The molecule has 1 unspecified atom stereocenters. The number of aromatic amines is 1. The zero-order valence-corrected chi connectivity index (χ0v) is 12.6. The van der Waals surface area contributed by atoms with Crippen molar-refractivity contribution >= 4 is 17.5 Å². The highest BCUT2D eigenvalue weighted by atomic mass is 16.2. The highest BCUT2D eigenvalue weighted by molar-refractivity contribution is 5.95. The number of carbonyl (C=O) groups is 1. The summed E-state index contributed by atoms with van der Waals surface area (Å²) >= 11 is 0. The smallest absolute Gasteiger partial charge is 0.267 e. The second-order valence-electron chi connectivity index (χ2n) is 5.77. The third-order valence-electron chi connectivity index (χ3n) is 4.01. The summed E-state index contributed by atoms with van der Waals surface area (Å²) in [6.45, 7) is 3.93. The number of hydrogen-bond acceptors (Lipinski definition) is 5. The van der Waals surface area contributed by atoms with Crippen molar-refractivity contribution in [1.82, 2.24) is 25.5 Å². The fourth-order valence-electron chi connectivity index (χ4n) is 2.72. The summed E-state index contributed by atoms with van der Waals surface area (Å²) in [6, 6.07) is 7.40. The third-order valence-corrected chi connectivity index (χ3v) is 4.01. The maximum absolute atomic E-state index is 12.7. The van der Waals surface area contributed by atoms with Crippen LogP contribution in [0.15, 0.2) is 24.3 Å². The van der Waals surface area contributed by atoms with Gasteiger partial charge in [0, 0.05) is 24.3 Å². The number of carbonyl (C=O) groups excluding carboxylic acids is 1. The summed E-state index contributed by atoms with van der Waals surface area (Å²) in [5, 5.41) is 16.6. The zero-order chi connectivity index (χ0) is 15.4. The standard InChI is InChI=1S/C15H20N6O/c1-11-4-3-8-21(9-7-11)14(22)12-5-2-6-13(10-12)16-15-17-19-20-18-15/h2,5-6,10-11H,3-4,7-9H2,1H3,(H2,16,17,18,19,20). The maximum Gasteiger partial charge on any atom is 0.267 e. The third kappa shape index (κ3) is 3.41. The summed E-state index contributed by atoms with van der Waals surface area (Å²) in [7, 11) is 0. The van der Waals surface area contributed by atoms with Crippen LogP contribution in [0.3, 0.4) is 0 Å². The van der Waals surface area contributed by atoms with Crippen LogP contribution in [0.5, 0.6) is 0 Å². The molecule has 1 aromatic carbocycles. The molecule has 0 saturated carbocycles. The first kappa shape index (κ1) is 14.5. The SMILES string of the molecule is CC1CCCN(C(=O)c2cccc(Nc3nn[nH]n3)c2)CC1. The Hall–Kier alpha value is -2.44. The first-order valence-electron chi connectivity index (χ1n) is 7.62. The molecule has 0 radical (unpaired) electrons. The Bertz CT molecular complexity index is 627. The molecule has 2 aromatic rings. The second-order valence-corrected chi connectivity index (χ2v) is 5.77. The molecule has 1 atom stereocenters. The number of amides is 1. The molecule has 1 saturated heterocycles. The number of aromatic nitrogens is 4. The highest BCUT2D eigenvalue weighted by Gasteiger charge is 2.19. The molecule has 2 N–H and O–H groups in total. The van der Waals surface area contributed by atoms with E-state index in [0.717, 1.165) is 31.6 Å². The first-order chi connectivity index (χ1) is 10.7. The Morgan fingerprint density at radius 1 is 1.36 bits per heavy atom. The molecular formula is C15H20N6O. The Kier molecular flexibility index (Phi) is 4.32. The fraction of sp³-hybridized carbons (Fsp3) is 0.467. The molecule has 3 rings (SSSR count). The van der Waals surface area contributed by atoms with Gasteiger partial charge in [-0.25, -0.2) is 0 Å². The van der Waals surface area contributed by atoms with Gasteiger partial charge in [-0.2, -0.15) is 5.21 Å². The molecule has 1 aliphatic heterocycles. The Morgan fingerprint density at radius 3 is 3.09 bits per heavy atom. The highest BCUT2D eigenvalue weighted by Crippen LogP contribution is 2.20. The minimum atomic E-state index is 0.0888. The predicted molar refractivity (Wildman–Crippen MR) is 82.8 cm³/mol. The maximum atomic E-state index is 12.7. The quantitative estimate of drug-likeness (QED) is 0.907. The molecule has 0 spiro atoms. The van der Waals surface area contributed by atoms with E-state index < -0.39 is 0 Å². The van der Waals surface area contributed by atoms with Crippen LogP contribution >= 0.6 is 0 Å². The minimum Gasteiger partial charge on any atom is -0.339 e. The summed E-state index contributed by atoms with van der Waals surface area (Å²) in [6.07, 6.45) is 3.35. The Morgan fingerprint density at radius 2 is 2.27 bits per heavy atom. The van der Waals surface area contributed by atoms with Crippen molar-refractivity contribution < 1.29 is 4.79 Å². The average Bonchev–Trinajstić information content (AvgIpc) is 2.93. The van der Waals surface area contributed by atoms with Gasteiger partial charge in [-0.15, -0.1) is 5.10 Å². The number of rotatable bonds is 3. The van der Waals surface area contributed by atoms with Gasteiger partial charge in [-0.1, -0.05) is 18.1 Å². The predicted octanol–water partition coefficient (Wildman–Crippen LogP) is 2.21. The molecule has 0 bridgehead atoms. The van der Waals surface area contributed by atoms with Gasteiger partial charge in [-0.3, -0.25) is 4.79 Å². The van der Waals surface area contributed by atoms with E-state index in [1.54, 1.807) is 0 Å². The van der Waals surface area contributed by atoms with Crippen molar-refractivity contribution in [1.29, 1.82) is 0 Å². The van der Waals surface area contributed by atoms with Crippen molar-refractivity contribution in [2.45, 2.75) is 26.2 Å². The van der Waals surface area contributed by atoms with E-state index in [-0.39, 0.29) is 5.91 Å². The number of benzene rings is 1. The molecule has 1 aliphatic rings. The number of H-pyrrole nitrogens is 1. The number of hydrogen-bond donors (Lipinski definition) is 2. The molecular weight excluding hydrogens is 280 g/mol. The van der Waals surface area contributed by atoms with Gasteiger partial charge in [-0.05, 0) is 48.6 Å². The number of nitrogens with one attached hydrogen (secondary N) is 2. The molecule has 2 heterocycles. The van der Waals surface area contributed by atoms with Crippen LogP contribution in [0.2, 0.25) is 0 Å². The van der Waals surface area contributed by atoms with Gasteiger partial charge in [0.2, 0.25) is 0 Å². The van der Waals surface area contributed by atoms with Crippen LogP contribution in [0.25, 0.3) is 0 Å². The summed E-state index contributed by atoms with van der Waals surface area (Å²) in [4.78, 5) is 14.6. The van der Waals surface area contributed by atoms with Crippen LogP contribution in [-0.4, -0.2) is 44.5 Å². The van der Waals surface area contributed by atoms with Crippen molar-refractivity contribution in [2.24, 2.45) is 5.92 Å². The molecule has 116 valence electrons. The second kappa shape index (κ2) is 6.55. The van der Waals surface area contributed by atoms with E-state index in [9.17, 15) is 4.79 Å². The molecule has 22 heavy (non-hydrogen) atoms. The van der Waals surface area contributed by atoms with Gasteiger partial charge in [0.25, 0.3) is 11.9 Å². The van der Waals surface area contributed by atoms with Gasteiger partial charge in [0.05, 0.1) is 0 Å². The monoisotopic (exact) mass is 300 g/mol. The summed E-state index contributed by atoms with van der Waals surface area (Å²) < 4.78 is 0. The first-order valence-corrected chi connectivity index (χ1v) is 7.62. The number of tetrazole rings is 1. The largest absolute Gasteiger partial charge is 0.339 e. The van der Waals surface area contributed by atoms with Crippen LogP contribution in [-0.2, 0) is 0 Å². The van der Waals surface area contributed by atoms with E-state index in [1.165, 1.54) is 6.42 Å². The lowest BCUT2D eigenvalue weighted by Crippen LogP contribution is -2.32. The van der Waals surface area contributed by atoms with Crippen molar-refractivity contribution in [3.05, 3.63) is 29.8 Å². The van der Waals surface area contributed by atoms with Crippen molar-refractivity contribution in [2.75, 3.05) is 18.4 Å². The lowest BCUT2D eigenvalue weighted by Gasteiger charge is -2.20. The van der Waals surface area contributed by atoms with Crippen LogP contribution in [0.1, 0.15) is 36.5 Å². The van der Waals surface area contributed by atoms with Gasteiger partial charge >= 0.3 is 0 Å². The lowest BCUT2D eigenvalue weighted by molar-refractivity contribution is 0.0760. The fourth-order valence-corrected chi connectivity index (χ4v) is 2.72. The molecule has 1 amide bonds.